The van der Waals surface area contributed by atoms with Crippen LogP contribution in [0.5, 0.6) is 5.75 Å². The number of nitrogens with one attached hydrogen (secondary N) is 3. The molecule has 2 aromatic heterocycles. The molecule has 5 rings (SSSR count). The van der Waals surface area contributed by atoms with Crippen molar-refractivity contribution >= 4 is 38.2 Å². The van der Waals surface area contributed by atoms with Crippen LogP contribution in [0.1, 0.15) is 28.8 Å². The Balaban J connectivity index is 1.57. The van der Waals surface area contributed by atoms with E-state index in [0.29, 0.717) is 48.2 Å². The Labute approximate surface area is 214 Å². The number of sulfonamides is 1. The maximum Gasteiger partial charge on any atom is 0.265 e. The third-order valence-electron chi connectivity index (χ3n) is 6.14. The van der Waals surface area contributed by atoms with E-state index in [1.165, 1.54) is 19.5 Å². The summed E-state index contributed by atoms with van der Waals surface area (Å²) >= 11 is 0. The Hall–Kier alpha value is -4.13. The van der Waals surface area contributed by atoms with Crippen LogP contribution >= 0.6 is 0 Å². The van der Waals surface area contributed by atoms with Crippen LogP contribution in [0.3, 0.4) is 0 Å². The van der Waals surface area contributed by atoms with Crippen molar-refractivity contribution in [1.82, 2.24) is 9.97 Å². The Morgan fingerprint density at radius 2 is 1.87 bits per heavy atom. The number of halogens is 4. The summed E-state index contributed by atoms with van der Waals surface area (Å²) in [6.45, 7) is 0.588. The third kappa shape index (κ3) is 4.64. The molecule has 0 amide bonds. The lowest BCUT2D eigenvalue weighted by atomic mass is 10.0. The Morgan fingerprint density at radius 3 is 2.58 bits per heavy atom. The van der Waals surface area contributed by atoms with E-state index in [0.717, 1.165) is 18.9 Å². The van der Waals surface area contributed by atoms with Crippen molar-refractivity contribution in [3.8, 4) is 5.75 Å². The van der Waals surface area contributed by atoms with E-state index < -0.39 is 55.2 Å². The molecule has 0 bridgehead atoms. The van der Waals surface area contributed by atoms with Gasteiger partial charge in [0.15, 0.2) is 11.6 Å². The van der Waals surface area contributed by atoms with Crippen molar-refractivity contribution in [1.29, 1.82) is 0 Å². The number of hydrogen-bond donors (Lipinski definition) is 3. The molecule has 1 saturated carbocycles. The molecule has 0 aliphatic heterocycles. The van der Waals surface area contributed by atoms with Crippen LogP contribution in [0.4, 0.5) is 28.9 Å². The highest BCUT2D eigenvalue weighted by Crippen LogP contribution is 2.38. The number of anilines is 2. The molecule has 0 unspecified atom stereocenters. The molecule has 2 heterocycles. The lowest BCUT2D eigenvalue weighted by Crippen LogP contribution is -2.18. The van der Waals surface area contributed by atoms with Crippen LogP contribution in [0.2, 0.25) is 0 Å². The highest BCUT2D eigenvalue weighted by Gasteiger charge is 2.29. The van der Waals surface area contributed by atoms with E-state index >= 15 is 4.39 Å². The van der Waals surface area contributed by atoms with Crippen LogP contribution < -0.4 is 14.8 Å². The molecule has 0 radical (unpaired) electrons. The van der Waals surface area contributed by atoms with E-state index in [1.54, 1.807) is 4.72 Å². The number of ketones is 1. The molecule has 1 fully saturated rings. The second-order valence-corrected chi connectivity index (χ2v) is 10.4. The number of hydrogen-bond acceptors (Lipinski definition) is 6. The normalized spacial score (nSPS) is 13.5. The van der Waals surface area contributed by atoms with Crippen LogP contribution in [-0.4, -0.2) is 37.8 Å². The highest BCUT2D eigenvalue weighted by molar-refractivity contribution is 7.92. The number of benzene rings is 2. The van der Waals surface area contributed by atoms with Gasteiger partial charge in [-0.25, -0.2) is 31.0 Å². The summed E-state index contributed by atoms with van der Waals surface area (Å²) in [5.74, 6) is -5.47. The molecular formula is C25H20F4N4O4S. The number of nitrogens with zero attached hydrogens (tertiary/aromatic N) is 1. The fraction of sp³-hybridized carbons (Fsp3) is 0.200. The predicted octanol–water partition coefficient (Wildman–Crippen LogP) is 4.98. The number of carbonyl (C=O) groups is 1. The minimum absolute atomic E-state index is 0.140. The molecule has 38 heavy (non-hydrogen) atoms. The van der Waals surface area contributed by atoms with Gasteiger partial charge < -0.3 is 15.0 Å². The summed E-state index contributed by atoms with van der Waals surface area (Å²) in [5.41, 5.74) is -1.36. The largest absolute Gasteiger partial charge is 0.493 e. The highest BCUT2D eigenvalue weighted by atomic mass is 32.2. The van der Waals surface area contributed by atoms with Crippen LogP contribution in [0, 0.1) is 29.2 Å². The Kier molecular flexibility index (Phi) is 6.47. The van der Waals surface area contributed by atoms with Gasteiger partial charge in [0.25, 0.3) is 10.0 Å². The van der Waals surface area contributed by atoms with E-state index in [9.17, 15) is 26.4 Å². The number of carbonyl (C=O) groups excluding carboxylic acids is 1. The summed E-state index contributed by atoms with van der Waals surface area (Å²) < 4.78 is 90.4. The van der Waals surface area contributed by atoms with Gasteiger partial charge >= 0.3 is 0 Å². The number of H-pyrrole nitrogens is 1. The minimum atomic E-state index is -4.84. The van der Waals surface area contributed by atoms with Gasteiger partial charge in [-0.3, -0.25) is 9.52 Å². The van der Waals surface area contributed by atoms with Crippen molar-refractivity contribution < 1.29 is 35.5 Å². The predicted molar refractivity (Wildman–Crippen MR) is 131 cm³/mol. The second kappa shape index (κ2) is 9.63. The Bertz CT molecular complexity index is 1690. The van der Waals surface area contributed by atoms with Crippen molar-refractivity contribution in [2.45, 2.75) is 17.7 Å². The first kappa shape index (κ1) is 25.5. The molecule has 8 nitrogen and oxygen atoms in total. The average Bonchev–Trinajstić information content (AvgIpc) is 3.61. The SMILES string of the molecule is COc1cnc2[nH]cc(C(=O)c3c(F)ccc(NS(=O)(=O)c4cc(F)ccc4F)c3F)c2c1NCC1CC1. The quantitative estimate of drug-likeness (QED) is 0.201. The van der Waals surface area contributed by atoms with Crippen molar-refractivity contribution in [3.63, 3.8) is 0 Å². The maximum absolute atomic E-state index is 15.5. The molecule has 198 valence electrons. The number of ether oxygens (including phenoxy) is 1. The number of aromatic nitrogens is 2. The summed E-state index contributed by atoms with van der Waals surface area (Å²) in [6.07, 6.45) is 4.76. The summed E-state index contributed by atoms with van der Waals surface area (Å²) in [7, 11) is -3.43. The van der Waals surface area contributed by atoms with Crippen LogP contribution in [0.15, 0.2) is 47.6 Å². The molecule has 2 aromatic carbocycles. The lowest BCUT2D eigenvalue weighted by Gasteiger charge is -2.14. The Morgan fingerprint density at radius 1 is 1.13 bits per heavy atom. The van der Waals surface area contributed by atoms with Crippen molar-refractivity contribution in [2.24, 2.45) is 5.92 Å². The van der Waals surface area contributed by atoms with E-state index in [1.807, 2.05) is 0 Å². The van der Waals surface area contributed by atoms with Gasteiger partial charge in [0.1, 0.15) is 28.0 Å². The van der Waals surface area contributed by atoms with E-state index in [4.69, 9.17) is 4.74 Å². The fourth-order valence-electron chi connectivity index (χ4n) is 4.01. The van der Waals surface area contributed by atoms with Gasteiger partial charge in [-0.1, -0.05) is 0 Å². The van der Waals surface area contributed by atoms with Gasteiger partial charge in [-0.2, -0.15) is 0 Å². The molecule has 0 spiro atoms. The summed E-state index contributed by atoms with van der Waals surface area (Å²) in [4.78, 5) is 19.4. The fourth-order valence-corrected chi connectivity index (χ4v) is 5.16. The molecule has 0 atom stereocenters. The van der Waals surface area contributed by atoms with Gasteiger partial charge in [0.05, 0.1) is 41.2 Å². The molecule has 13 heteroatoms. The van der Waals surface area contributed by atoms with Crippen molar-refractivity contribution in [2.75, 3.05) is 23.7 Å². The smallest absolute Gasteiger partial charge is 0.265 e. The van der Waals surface area contributed by atoms with E-state index in [-0.39, 0.29) is 16.6 Å². The monoisotopic (exact) mass is 548 g/mol. The molecular weight excluding hydrogens is 528 g/mol. The van der Waals surface area contributed by atoms with Crippen LogP contribution in [0.25, 0.3) is 11.0 Å². The standard InChI is InChI=1S/C25H20F4N4O4S/c1-37-18-11-32-25-20(23(18)30-9-12-2-3-12)14(10-31-25)24(34)21-16(28)6-7-17(22(21)29)33-38(35,36)19-8-13(26)4-5-15(19)27/h4-8,10-12,33H,2-3,9H2,1H3,(H2,30,31,32). The molecule has 4 aromatic rings. The van der Waals surface area contributed by atoms with Crippen molar-refractivity contribution in [3.05, 3.63) is 77.1 Å². The number of rotatable bonds is 9. The third-order valence-corrected chi connectivity index (χ3v) is 7.52. The maximum atomic E-state index is 15.5. The first-order valence-electron chi connectivity index (χ1n) is 11.4. The molecule has 1 aliphatic carbocycles. The van der Waals surface area contributed by atoms with Gasteiger partial charge in [0.2, 0.25) is 5.78 Å². The first-order chi connectivity index (χ1) is 18.1. The average molecular weight is 549 g/mol. The zero-order valence-electron chi connectivity index (χ0n) is 19.7. The lowest BCUT2D eigenvalue weighted by molar-refractivity contribution is 0.103. The number of aromatic amines is 1. The number of fused-ring (bicyclic) bond motifs is 1. The second-order valence-electron chi connectivity index (χ2n) is 8.75. The summed E-state index contributed by atoms with van der Waals surface area (Å²) in [5, 5.41) is 3.46. The van der Waals surface area contributed by atoms with E-state index in [2.05, 4.69) is 15.3 Å². The molecule has 1 aliphatic rings. The molecule has 0 saturated heterocycles. The minimum Gasteiger partial charge on any atom is -0.493 e. The number of pyridine rings is 1. The molecule has 3 N–H and O–H groups in total. The topological polar surface area (TPSA) is 113 Å². The zero-order chi connectivity index (χ0) is 27.2. The zero-order valence-corrected chi connectivity index (χ0v) is 20.6. The first-order valence-corrected chi connectivity index (χ1v) is 12.9. The number of methoxy groups -OCH3 is 1. The van der Waals surface area contributed by atoms with Gasteiger partial charge in [-0.05, 0) is 49.1 Å². The van der Waals surface area contributed by atoms with Gasteiger partial charge in [-0.15, -0.1) is 0 Å². The van der Waals surface area contributed by atoms with Crippen LogP contribution in [-0.2, 0) is 10.0 Å². The van der Waals surface area contributed by atoms with Gasteiger partial charge in [0, 0.05) is 12.7 Å². The summed E-state index contributed by atoms with van der Waals surface area (Å²) in [6, 6.07) is 3.14.